The van der Waals surface area contributed by atoms with Crippen molar-refractivity contribution in [2.45, 2.75) is 0 Å². The summed E-state index contributed by atoms with van der Waals surface area (Å²) in [5, 5.41) is 7.45. The van der Waals surface area contributed by atoms with Crippen LogP contribution >= 0.6 is 15.9 Å². The summed E-state index contributed by atoms with van der Waals surface area (Å²) in [7, 11) is 0. The van der Waals surface area contributed by atoms with Gasteiger partial charge in [-0.1, -0.05) is 28.1 Å². The predicted octanol–water partition coefficient (Wildman–Crippen LogP) is 2.07. The minimum atomic E-state index is 0.360. The molecule has 0 saturated carbocycles. The lowest BCUT2D eigenvalue weighted by Crippen LogP contribution is -2.00. The standard InChI is InChI=1S/C10H9BrN4/c11-7-3-1-2-6(4-7)8-5-9(12)14-15-10(8)13/h1-5H,(H2,12,14)(H2,13,15). The zero-order valence-electron chi connectivity index (χ0n) is 7.81. The van der Waals surface area contributed by atoms with E-state index in [2.05, 4.69) is 26.1 Å². The van der Waals surface area contributed by atoms with Gasteiger partial charge in [0.15, 0.2) is 5.82 Å². The highest BCUT2D eigenvalue weighted by Gasteiger charge is 2.05. The van der Waals surface area contributed by atoms with Crippen LogP contribution in [-0.2, 0) is 0 Å². The predicted molar refractivity (Wildman–Crippen MR) is 64.0 cm³/mol. The lowest BCUT2D eigenvalue weighted by Gasteiger charge is -2.05. The largest absolute Gasteiger partial charge is 0.382 e. The van der Waals surface area contributed by atoms with Crippen molar-refractivity contribution in [3.63, 3.8) is 0 Å². The van der Waals surface area contributed by atoms with Crippen molar-refractivity contribution < 1.29 is 0 Å². The Morgan fingerprint density at radius 3 is 2.60 bits per heavy atom. The first-order valence-electron chi connectivity index (χ1n) is 4.31. The number of benzene rings is 1. The number of aromatic nitrogens is 2. The van der Waals surface area contributed by atoms with Crippen LogP contribution in [0.4, 0.5) is 11.6 Å². The molecule has 0 atom stereocenters. The molecule has 1 aromatic carbocycles. The molecular formula is C10H9BrN4. The third kappa shape index (κ3) is 2.07. The van der Waals surface area contributed by atoms with Gasteiger partial charge in [-0.15, -0.1) is 10.2 Å². The Morgan fingerprint density at radius 2 is 1.87 bits per heavy atom. The number of nitrogens with two attached hydrogens (primary N) is 2. The van der Waals surface area contributed by atoms with E-state index < -0.39 is 0 Å². The van der Waals surface area contributed by atoms with E-state index in [0.717, 1.165) is 15.6 Å². The van der Waals surface area contributed by atoms with Crippen molar-refractivity contribution in [1.82, 2.24) is 10.2 Å². The molecule has 1 aromatic heterocycles. The van der Waals surface area contributed by atoms with E-state index in [9.17, 15) is 0 Å². The molecule has 2 aromatic rings. The third-order valence-electron chi connectivity index (χ3n) is 1.98. The molecule has 76 valence electrons. The van der Waals surface area contributed by atoms with E-state index in [4.69, 9.17) is 11.5 Å². The Balaban J connectivity index is 2.58. The van der Waals surface area contributed by atoms with Crippen LogP contribution in [0.3, 0.4) is 0 Å². The topological polar surface area (TPSA) is 77.8 Å². The number of hydrogen-bond acceptors (Lipinski definition) is 4. The first-order chi connectivity index (χ1) is 7.16. The molecule has 2 rings (SSSR count). The molecule has 15 heavy (non-hydrogen) atoms. The molecule has 0 aliphatic carbocycles. The highest BCUT2D eigenvalue weighted by atomic mass is 79.9. The van der Waals surface area contributed by atoms with Gasteiger partial charge in [0.1, 0.15) is 5.82 Å². The van der Waals surface area contributed by atoms with Crippen molar-refractivity contribution in [1.29, 1.82) is 0 Å². The van der Waals surface area contributed by atoms with Gasteiger partial charge in [-0.05, 0) is 23.8 Å². The van der Waals surface area contributed by atoms with Gasteiger partial charge in [-0.25, -0.2) is 0 Å². The number of nitrogen functional groups attached to an aromatic ring is 2. The van der Waals surface area contributed by atoms with E-state index in [1.807, 2.05) is 24.3 Å². The van der Waals surface area contributed by atoms with E-state index in [1.165, 1.54) is 0 Å². The Bertz CT molecular complexity index is 499. The molecule has 0 saturated heterocycles. The molecule has 1 heterocycles. The fraction of sp³-hybridized carbons (Fsp3) is 0. The summed E-state index contributed by atoms with van der Waals surface area (Å²) in [4.78, 5) is 0. The number of rotatable bonds is 1. The van der Waals surface area contributed by atoms with Crippen molar-refractivity contribution in [3.8, 4) is 11.1 Å². The molecule has 4 N–H and O–H groups in total. The number of halogens is 1. The fourth-order valence-electron chi connectivity index (χ4n) is 1.30. The van der Waals surface area contributed by atoms with Crippen molar-refractivity contribution in [2.75, 3.05) is 11.5 Å². The van der Waals surface area contributed by atoms with Gasteiger partial charge in [-0.3, -0.25) is 0 Å². The SMILES string of the molecule is Nc1cc(-c2cccc(Br)c2)c(N)nn1. The molecule has 4 nitrogen and oxygen atoms in total. The third-order valence-corrected chi connectivity index (χ3v) is 2.47. The Morgan fingerprint density at radius 1 is 1.07 bits per heavy atom. The normalized spacial score (nSPS) is 10.2. The Labute approximate surface area is 95.4 Å². The first kappa shape index (κ1) is 9.92. The zero-order valence-corrected chi connectivity index (χ0v) is 9.40. The maximum Gasteiger partial charge on any atom is 0.154 e. The van der Waals surface area contributed by atoms with Crippen molar-refractivity contribution in [2.24, 2.45) is 0 Å². The molecule has 0 aliphatic rings. The van der Waals surface area contributed by atoms with E-state index in [1.54, 1.807) is 6.07 Å². The van der Waals surface area contributed by atoms with Crippen LogP contribution in [0.1, 0.15) is 0 Å². The Hall–Kier alpha value is -1.62. The second kappa shape index (κ2) is 3.86. The summed E-state index contributed by atoms with van der Waals surface area (Å²) in [5.41, 5.74) is 13.0. The smallest absolute Gasteiger partial charge is 0.154 e. The molecule has 0 fully saturated rings. The quantitative estimate of drug-likeness (QED) is 0.827. The summed E-state index contributed by atoms with van der Waals surface area (Å²) >= 11 is 3.39. The van der Waals surface area contributed by atoms with Crippen molar-refractivity contribution in [3.05, 3.63) is 34.8 Å². The molecular weight excluding hydrogens is 256 g/mol. The second-order valence-electron chi connectivity index (χ2n) is 3.08. The van der Waals surface area contributed by atoms with Crippen LogP contribution in [0.2, 0.25) is 0 Å². The molecule has 0 bridgehead atoms. The fourth-order valence-corrected chi connectivity index (χ4v) is 1.70. The lowest BCUT2D eigenvalue weighted by molar-refractivity contribution is 1.05. The summed E-state index contributed by atoms with van der Waals surface area (Å²) in [6, 6.07) is 9.47. The number of hydrogen-bond donors (Lipinski definition) is 2. The van der Waals surface area contributed by atoms with Gasteiger partial charge in [0.25, 0.3) is 0 Å². The van der Waals surface area contributed by atoms with Gasteiger partial charge in [0.05, 0.1) is 0 Å². The molecule has 5 heteroatoms. The first-order valence-corrected chi connectivity index (χ1v) is 5.11. The van der Waals surface area contributed by atoms with Crippen molar-refractivity contribution >= 4 is 27.6 Å². The van der Waals surface area contributed by atoms with Gasteiger partial charge >= 0.3 is 0 Å². The van der Waals surface area contributed by atoms with Crippen LogP contribution in [0.15, 0.2) is 34.8 Å². The molecule has 0 radical (unpaired) electrons. The summed E-state index contributed by atoms with van der Waals surface area (Å²) < 4.78 is 0.981. The highest BCUT2D eigenvalue weighted by Crippen LogP contribution is 2.27. The van der Waals surface area contributed by atoms with Crippen LogP contribution in [0.5, 0.6) is 0 Å². The average molecular weight is 265 g/mol. The van der Waals surface area contributed by atoms with Gasteiger partial charge < -0.3 is 11.5 Å². The van der Waals surface area contributed by atoms with Gasteiger partial charge in [0.2, 0.25) is 0 Å². The average Bonchev–Trinajstić information content (AvgIpc) is 2.22. The minimum Gasteiger partial charge on any atom is -0.382 e. The molecule has 0 spiro atoms. The Kier molecular flexibility index (Phi) is 2.55. The highest BCUT2D eigenvalue weighted by molar-refractivity contribution is 9.10. The van der Waals surface area contributed by atoms with Gasteiger partial charge in [-0.2, -0.15) is 0 Å². The maximum atomic E-state index is 5.73. The van der Waals surface area contributed by atoms with E-state index >= 15 is 0 Å². The van der Waals surface area contributed by atoms with Crippen LogP contribution in [0.25, 0.3) is 11.1 Å². The molecule has 0 aliphatic heterocycles. The second-order valence-corrected chi connectivity index (χ2v) is 3.99. The van der Waals surface area contributed by atoms with E-state index in [0.29, 0.717) is 11.6 Å². The zero-order chi connectivity index (χ0) is 10.8. The number of anilines is 2. The van der Waals surface area contributed by atoms with E-state index in [-0.39, 0.29) is 0 Å². The van der Waals surface area contributed by atoms with Gasteiger partial charge in [0, 0.05) is 10.0 Å². The number of nitrogens with zero attached hydrogens (tertiary/aromatic N) is 2. The summed E-state index contributed by atoms with van der Waals surface area (Å²) in [5.74, 6) is 0.737. The maximum absolute atomic E-state index is 5.73. The molecule has 0 amide bonds. The van der Waals surface area contributed by atoms with Crippen LogP contribution in [-0.4, -0.2) is 10.2 Å². The van der Waals surface area contributed by atoms with Crippen LogP contribution in [0, 0.1) is 0 Å². The summed E-state index contributed by atoms with van der Waals surface area (Å²) in [6.45, 7) is 0. The monoisotopic (exact) mass is 264 g/mol. The summed E-state index contributed by atoms with van der Waals surface area (Å²) in [6.07, 6.45) is 0. The lowest BCUT2D eigenvalue weighted by atomic mass is 10.1. The minimum absolute atomic E-state index is 0.360. The molecule has 0 unspecified atom stereocenters. The van der Waals surface area contributed by atoms with Crippen LogP contribution < -0.4 is 11.5 Å².